The Morgan fingerprint density at radius 3 is 2.54 bits per heavy atom. The molecule has 0 spiro atoms. The molecule has 2 aliphatic heterocycles. The monoisotopic (exact) mass is 465 g/mol. The van der Waals surface area contributed by atoms with Gasteiger partial charge in [-0.15, -0.1) is 5.10 Å². The van der Waals surface area contributed by atoms with Crippen molar-refractivity contribution in [3.8, 4) is 11.5 Å². The van der Waals surface area contributed by atoms with Crippen molar-refractivity contribution in [2.24, 2.45) is 10.9 Å². The van der Waals surface area contributed by atoms with Gasteiger partial charge >= 0.3 is 0 Å². The van der Waals surface area contributed by atoms with Gasteiger partial charge in [-0.25, -0.2) is 4.99 Å². The summed E-state index contributed by atoms with van der Waals surface area (Å²) in [4.78, 5) is 28.6. The lowest BCUT2D eigenvalue weighted by Gasteiger charge is -2.34. The second-order valence-electron chi connectivity index (χ2n) is 8.55. The summed E-state index contributed by atoms with van der Waals surface area (Å²) >= 11 is 0. The van der Waals surface area contributed by atoms with E-state index in [0.717, 1.165) is 30.9 Å². The van der Waals surface area contributed by atoms with Gasteiger partial charge in [0.2, 0.25) is 5.95 Å². The lowest BCUT2D eigenvalue weighted by Crippen LogP contribution is -2.47. The van der Waals surface area contributed by atoms with Crippen molar-refractivity contribution in [3.05, 3.63) is 84.7 Å². The zero-order valence-electron chi connectivity index (χ0n) is 18.9. The number of pyridine rings is 1. The van der Waals surface area contributed by atoms with Gasteiger partial charge in [-0.3, -0.25) is 14.7 Å². The third-order valence-corrected chi connectivity index (χ3v) is 6.11. The molecule has 6 rings (SSSR count). The first-order valence-corrected chi connectivity index (χ1v) is 11.5. The van der Waals surface area contributed by atoms with Crippen LogP contribution < -0.4 is 10.1 Å². The van der Waals surface area contributed by atoms with E-state index in [1.165, 1.54) is 10.2 Å². The van der Waals surface area contributed by atoms with E-state index < -0.39 is 0 Å². The second kappa shape index (κ2) is 9.11. The minimum Gasteiger partial charge on any atom is -0.457 e. The molecule has 2 aliphatic rings. The number of nitrogens with zero attached hydrogens (tertiary/aromatic N) is 6. The van der Waals surface area contributed by atoms with E-state index in [4.69, 9.17) is 4.74 Å². The molecule has 1 atom stereocenters. The minimum absolute atomic E-state index is 0.0792. The highest BCUT2D eigenvalue weighted by Crippen LogP contribution is 2.29. The van der Waals surface area contributed by atoms with Crippen LogP contribution in [0.2, 0.25) is 0 Å². The number of likely N-dealkylation sites (tertiary alicyclic amines) is 1. The van der Waals surface area contributed by atoms with Gasteiger partial charge < -0.3 is 10.1 Å². The minimum atomic E-state index is -0.292. The number of aliphatic imine (C=N–C) groups is 1. The summed E-state index contributed by atoms with van der Waals surface area (Å²) in [6, 6.07) is 21.3. The number of benzene rings is 2. The van der Waals surface area contributed by atoms with Crippen LogP contribution in [0, 0.1) is 5.92 Å². The Bertz CT molecular complexity index is 1370. The highest BCUT2D eigenvalue weighted by molar-refractivity contribution is 6.09. The lowest BCUT2D eigenvalue weighted by atomic mass is 9.93. The highest BCUT2D eigenvalue weighted by atomic mass is 16.5. The molecular formula is C26H23N7O2. The quantitative estimate of drug-likeness (QED) is 0.449. The molecule has 4 heterocycles. The highest BCUT2D eigenvalue weighted by Gasteiger charge is 2.37. The molecule has 0 bridgehead atoms. The van der Waals surface area contributed by atoms with Gasteiger partial charge in [0.1, 0.15) is 11.5 Å². The van der Waals surface area contributed by atoms with Crippen LogP contribution in [-0.4, -0.2) is 49.4 Å². The smallest absolute Gasteiger partial charge is 0.260 e. The fourth-order valence-electron chi connectivity index (χ4n) is 4.37. The second-order valence-corrected chi connectivity index (χ2v) is 8.55. The number of carbonyl (C=O) groups excluding carboxylic acids is 1. The van der Waals surface area contributed by atoms with Crippen LogP contribution in [-0.2, 0) is 6.54 Å². The molecule has 2 aromatic heterocycles. The average molecular weight is 466 g/mol. The van der Waals surface area contributed by atoms with Gasteiger partial charge in [0.25, 0.3) is 11.9 Å². The summed E-state index contributed by atoms with van der Waals surface area (Å²) in [6.07, 6.45) is 4.11. The predicted octanol–water partition coefficient (Wildman–Crippen LogP) is 4.46. The fourth-order valence-corrected chi connectivity index (χ4v) is 4.37. The topological polar surface area (TPSA) is 97.5 Å². The molecule has 0 amide bonds. The Hall–Kier alpha value is -4.37. The fraction of sp³-hybridized carbons (Fsp3) is 0.192. The van der Waals surface area contributed by atoms with Crippen LogP contribution in [0.5, 0.6) is 11.5 Å². The molecule has 1 saturated heterocycles. The number of piperidine rings is 1. The number of anilines is 2. The molecule has 0 saturated carbocycles. The van der Waals surface area contributed by atoms with Crippen LogP contribution in [0.25, 0.3) is 0 Å². The van der Waals surface area contributed by atoms with Crippen LogP contribution >= 0.6 is 0 Å². The lowest BCUT2D eigenvalue weighted by molar-refractivity contribution is 0.0805. The first-order chi connectivity index (χ1) is 17.2. The van der Waals surface area contributed by atoms with Crippen LogP contribution in [0.4, 0.5) is 17.6 Å². The van der Waals surface area contributed by atoms with Gasteiger partial charge in [-0.1, -0.05) is 30.3 Å². The van der Waals surface area contributed by atoms with Crippen molar-refractivity contribution in [1.82, 2.24) is 24.6 Å². The first-order valence-electron chi connectivity index (χ1n) is 11.5. The summed E-state index contributed by atoms with van der Waals surface area (Å²) < 4.78 is 7.12. The maximum Gasteiger partial charge on any atom is 0.260 e. The van der Waals surface area contributed by atoms with Crippen LogP contribution in [0.15, 0.2) is 84.1 Å². The maximum absolute atomic E-state index is 13.2. The molecule has 9 heteroatoms. The van der Waals surface area contributed by atoms with Crippen molar-refractivity contribution in [3.63, 3.8) is 0 Å². The van der Waals surface area contributed by atoms with Crippen molar-refractivity contribution in [2.75, 3.05) is 18.4 Å². The summed E-state index contributed by atoms with van der Waals surface area (Å²) in [6.45, 7) is 2.31. The van der Waals surface area contributed by atoms with Gasteiger partial charge in [0.15, 0.2) is 0 Å². The van der Waals surface area contributed by atoms with Crippen molar-refractivity contribution in [2.45, 2.75) is 13.0 Å². The third-order valence-electron chi connectivity index (χ3n) is 6.11. The predicted molar refractivity (Wildman–Crippen MR) is 132 cm³/mol. The molecule has 174 valence electrons. The summed E-state index contributed by atoms with van der Waals surface area (Å²) in [5.74, 6) is 1.71. The number of nitrogens with one attached hydrogen (secondary N) is 1. The molecule has 1 N–H and O–H groups in total. The molecule has 1 fully saturated rings. The Morgan fingerprint density at radius 1 is 0.971 bits per heavy atom. The molecule has 9 nitrogen and oxygen atoms in total. The van der Waals surface area contributed by atoms with E-state index >= 15 is 0 Å². The largest absolute Gasteiger partial charge is 0.457 e. The maximum atomic E-state index is 13.2. The standard InChI is InChI=1S/C26H23N7O2/c34-24-22-17-32(16-18-4-2-1-3-5-18)15-12-23(22)29-26-30-25(31-33(24)26)28-19-6-8-20(9-7-19)35-21-10-13-27-14-11-21/h1-11,13-14,22H,12,15-17H2,(H,28,31). The number of rotatable bonds is 6. The molecule has 0 radical (unpaired) electrons. The van der Waals surface area contributed by atoms with E-state index in [1.54, 1.807) is 24.5 Å². The van der Waals surface area contributed by atoms with Crippen molar-refractivity contribution in [1.29, 1.82) is 0 Å². The molecular weight excluding hydrogens is 442 g/mol. The number of ether oxygens (including phenoxy) is 1. The zero-order valence-corrected chi connectivity index (χ0v) is 18.9. The molecule has 35 heavy (non-hydrogen) atoms. The van der Waals surface area contributed by atoms with Crippen molar-refractivity contribution >= 4 is 29.2 Å². The van der Waals surface area contributed by atoms with Gasteiger partial charge in [0.05, 0.1) is 5.92 Å². The van der Waals surface area contributed by atoms with E-state index in [0.29, 0.717) is 29.9 Å². The Morgan fingerprint density at radius 2 is 1.74 bits per heavy atom. The van der Waals surface area contributed by atoms with Crippen molar-refractivity contribution < 1.29 is 9.53 Å². The SMILES string of the molecule is O=C1C2CN(Cc3ccccc3)CCC2=Nc2nc(Nc3ccc(Oc4ccncc4)cc3)nn21. The average Bonchev–Trinajstić information content (AvgIpc) is 3.30. The molecule has 1 unspecified atom stereocenters. The van der Waals surface area contributed by atoms with E-state index in [9.17, 15) is 4.79 Å². The summed E-state index contributed by atoms with van der Waals surface area (Å²) in [7, 11) is 0. The summed E-state index contributed by atoms with van der Waals surface area (Å²) in [5, 5.41) is 7.55. The Labute approximate surface area is 202 Å². The zero-order chi connectivity index (χ0) is 23.6. The summed E-state index contributed by atoms with van der Waals surface area (Å²) in [5.41, 5.74) is 2.91. The van der Waals surface area contributed by atoms with E-state index in [-0.39, 0.29) is 11.8 Å². The van der Waals surface area contributed by atoms with E-state index in [1.807, 2.05) is 42.5 Å². The Kier molecular flexibility index (Phi) is 5.51. The van der Waals surface area contributed by atoms with Gasteiger partial charge in [-0.2, -0.15) is 9.67 Å². The first kappa shape index (κ1) is 21.2. The van der Waals surface area contributed by atoms with Gasteiger partial charge in [-0.05, 0) is 48.4 Å². The molecule has 0 aliphatic carbocycles. The number of aromatic nitrogens is 4. The molecule has 2 aromatic carbocycles. The third kappa shape index (κ3) is 4.53. The number of carbonyl (C=O) groups is 1. The van der Waals surface area contributed by atoms with Gasteiger partial charge in [0, 0.05) is 43.4 Å². The number of hydrogen-bond donors (Lipinski definition) is 1. The van der Waals surface area contributed by atoms with Crippen LogP contribution in [0.1, 0.15) is 16.8 Å². The number of fused-ring (bicyclic) bond motifs is 2. The molecule has 4 aromatic rings. The van der Waals surface area contributed by atoms with E-state index in [2.05, 4.69) is 42.4 Å². The normalized spacial score (nSPS) is 17.3. The Balaban J connectivity index is 1.13. The van der Waals surface area contributed by atoms with Crippen LogP contribution in [0.3, 0.4) is 0 Å². The number of hydrogen-bond acceptors (Lipinski definition) is 8.